The fourth-order valence-electron chi connectivity index (χ4n) is 4.70. The molecule has 2 aromatic carbocycles. The summed E-state index contributed by atoms with van der Waals surface area (Å²) in [5.74, 6) is 1.68. The van der Waals surface area contributed by atoms with E-state index in [1.807, 2.05) is 12.1 Å². The van der Waals surface area contributed by atoms with E-state index in [0.717, 1.165) is 5.92 Å². The maximum absolute atomic E-state index is 12.5. The normalized spacial score (nSPS) is 18.0. The fraction of sp³-hybridized carbons (Fsp3) is 0.500. The molecule has 0 heterocycles. The highest BCUT2D eigenvalue weighted by molar-refractivity contribution is 7.78. The third-order valence-corrected chi connectivity index (χ3v) is 6.74. The van der Waals surface area contributed by atoms with Gasteiger partial charge in [-0.1, -0.05) is 64.0 Å². The summed E-state index contributed by atoms with van der Waals surface area (Å²) in [5.41, 5.74) is 2.61. The van der Waals surface area contributed by atoms with Crippen LogP contribution in [0.15, 0.2) is 53.5 Å². The number of rotatable bonds is 11. The van der Waals surface area contributed by atoms with Gasteiger partial charge in [0, 0.05) is 0 Å². The number of carbonyl (C=O) groups excluding carboxylic acids is 1. The number of thiocarbonyl (C=S) groups is 1. The van der Waals surface area contributed by atoms with Gasteiger partial charge in [-0.15, -0.1) is 0 Å². The minimum atomic E-state index is -0.342. The lowest BCUT2D eigenvalue weighted by atomic mass is 9.77. The molecule has 2 aromatic rings. The van der Waals surface area contributed by atoms with Crippen molar-refractivity contribution in [1.29, 1.82) is 0 Å². The molecule has 3 nitrogen and oxygen atoms in total. The zero-order chi connectivity index (χ0) is 22.6. The maximum Gasteiger partial charge on any atom is 0.343 e. The highest BCUT2D eigenvalue weighted by atomic mass is 32.1. The molecule has 1 aliphatic rings. The number of isothiocyanates is 1. The second kappa shape index (κ2) is 13.3. The van der Waals surface area contributed by atoms with Crippen LogP contribution >= 0.6 is 12.2 Å². The van der Waals surface area contributed by atoms with Gasteiger partial charge in [0.25, 0.3) is 0 Å². The highest BCUT2D eigenvalue weighted by Crippen LogP contribution is 2.38. The van der Waals surface area contributed by atoms with Crippen LogP contribution in [-0.2, 0) is 0 Å². The van der Waals surface area contributed by atoms with E-state index in [1.54, 1.807) is 24.3 Å². The lowest BCUT2D eigenvalue weighted by Gasteiger charge is -2.29. The van der Waals surface area contributed by atoms with Gasteiger partial charge in [0.15, 0.2) is 0 Å². The molecule has 170 valence electrons. The number of nitrogens with zero attached hydrogens (tertiary/aromatic N) is 1. The molecular formula is C28H35NO2S. The Labute approximate surface area is 198 Å². The molecule has 0 aromatic heterocycles. The van der Waals surface area contributed by atoms with E-state index in [-0.39, 0.29) is 5.97 Å². The minimum absolute atomic E-state index is 0.342. The first-order chi connectivity index (χ1) is 15.7. The van der Waals surface area contributed by atoms with Crippen molar-refractivity contribution in [3.05, 3.63) is 59.7 Å². The van der Waals surface area contributed by atoms with Crippen molar-refractivity contribution in [1.82, 2.24) is 0 Å². The van der Waals surface area contributed by atoms with Crippen LogP contribution in [-0.4, -0.2) is 11.1 Å². The monoisotopic (exact) mass is 449 g/mol. The third-order valence-electron chi connectivity index (χ3n) is 6.65. The van der Waals surface area contributed by atoms with E-state index >= 15 is 0 Å². The van der Waals surface area contributed by atoms with Gasteiger partial charge in [0.1, 0.15) is 5.75 Å². The number of carbonyl (C=O) groups is 1. The molecule has 4 heteroatoms. The zero-order valence-corrected chi connectivity index (χ0v) is 20.0. The molecule has 0 saturated heterocycles. The summed E-state index contributed by atoms with van der Waals surface area (Å²) in [4.78, 5) is 16.4. The van der Waals surface area contributed by atoms with Crippen molar-refractivity contribution in [3.8, 4) is 5.75 Å². The van der Waals surface area contributed by atoms with E-state index in [4.69, 9.17) is 4.74 Å². The Balaban J connectivity index is 1.42. The molecule has 0 aliphatic heterocycles. The summed E-state index contributed by atoms with van der Waals surface area (Å²) in [6, 6.07) is 14.9. The predicted octanol–water partition coefficient (Wildman–Crippen LogP) is 8.66. The number of ether oxygens (including phenoxy) is 1. The van der Waals surface area contributed by atoms with Crippen LogP contribution in [0.1, 0.15) is 99.4 Å². The van der Waals surface area contributed by atoms with Gasteiger partial charge < -0.3 is 4.74 Å². The molecule has 1 fully saturated rings. The third kappa shape index (κ3) is 7.69. The molecule has 0 radical (unpaired) electrons. The number of hydrogen-bond donors (Lipinski definition) is 0. The number of unbranched alkanes of at least 4 members (excludes halogenated alkanes) is 5. The Bertz CT molecular complexity index is 877. The molecule has 0 spiro atoms. The Kier molecular flexibility index (Phi) is 10.1. The number of esters is 1. The Morgan fingerprint density at radius 2 is 1.59 bits per heavy atom. The van der Waals surface area contributed by atoms with Crippen LogP contribution in [0.5, 0.6) is 5.75 Å². The van der Waals surface area contributed by atoms with Crippen molar-refractivity contribution in [2.45, 2.75) is 83.5 Å². The van der Waals surface area contributed by atoms with Crippen molar-refractivity contribution in [2.75, 3.05) is 0 Å². The van der Waals surface area contributed by atoms with Crippen LogP contribution in [0, 0.1) is 5.92 Å². The van der Waals surface area contributed by atoms with E-state index in [1.165, 1.54) is 76.2 Å². The van der Waals surface area contributed by atoms with Crippen LogP contribution in [0.25, 0.3) is 0 Å². The van der Waals surface area contributed by atoms with Crippen molar-refractivity contribution in [3.63, 3.8) is 0 Å². The molecule has 0 amide bonds. The smallest absolute Gasteiger partial charge is 0.343 e. The van der Waals surface area contributed by atoms with Gasteiger partial charge in [-0.2, -0.15) is 4.99 Å². The fourth-order valence-corrected chi connectivity index (χ4v) is 4.80. The summed E-state index contributed by atoms with van der Waals surface area (Å²) < 4.78 is 5.47. The second-order valence-corrected chi connectivity index (χ2v) is 9.17. The van der Waals surface area contributed by atoms with Gasteiger partial charge in [-0.05, 0) is 91.7 Å². The number of benzene rings is 2. The van der Waals surface area contributed by atoms with Crippen molar-refractivity contribution in [2.24, 2.45) is 10.9 Å². The molecule has 3 rings (SSSR count). The van der Waals surface area contributed by atoms with Gasteiger partial charge >= 0.3 is 5.97 Å². The molecule has 32 heavy (non-hydrogen) atoms. The van der Waals surface area contributed by atoms with Crippen LogP contribution in [0.3, 0.4) is 0 Å². The molecular weight excluding hydrogens is 414 g/mol. The minimum Gasteiger partial charge on any atom is -0.423 e. The lowest BCUT2D eigenvalue weighted by molar-refractivity contribution is 0.0734. The van der Waals surface area contributed by atoms with Crippen LogP contribution < -0.4 is 4.74 Å². The van der Waals surface area contributed by atoms with Crippen LogP contribution in [0.2, 0.25) is 0 Å². The van der Waals surface area contributed by atoms with E-state index < -0.39 is 0 Å². The Hall–Kier alpha value is -2.29. The van der Waals surface area contributed by atoms with Gasteiger partial charge in [0.2, 0.25) is 0 Å². The standard InChI is InChI=1S/C28H35NO2S/c1-2-3-4-5-6-7-8-22-9-11-23(12-10-22)24-13-15-25(16-14-24)28(30)31-27-19-17-26(18-20-27)29-21-32/h13-20,22-23H,2-12H2,1H3. The largest absolute Gasteiger partial charge is 0.423 e. The van der Waals surface area contributed by atoms with Gasteiger partial charge in [0.05, 0.1) is 16.4 Å². The molecule has 1 aliphatic carbocycles. The first-order valence-electron chi connectivity index (χ1n) is 12.2. The average molecular weight is 450 g/mol. The lowest BCUT2D eigenvalue weighted by Crippen LogP contribution is -2.14. The summed E-state index contributed by atoms with van der Waals surface area (Å²) in [6.45, 7) is 2.28. The van der Waals surface area contributed by atoms with Crippen molar-refractivity contribution >= 4 is 29.0 Å². The summed E-state index contributed by atoms with van der Waals surface area (Å²) in [5, 5.41) is 2.32. The first kappa shape index (κ1) is 24.4. The van der Waals surface area contributed by atoms with Crippen molar-refractivity contribution < 1.29 is 9.53 Å². The average Bonchev–Trinajstić information content (AvgIpc) is 2.83. The molecule has 0 unspecified atom stereocenters. The van der Waals surface area contributed by atoms with Crippen LogP contribution in [0.4, 0.5) is 5.69 Å². The summed E-state index contributed by atoms with van der Waals surface area (Å²) in [6.07, 6.45) is 14.9. The molecule has 0 bridgehead atoms. The quantitative estimate of drug-likeness (QED) is 0.113. The predicted molar refractivity (Wildman–Crippen MR) is 135 cm³/mol. The molecule has 0 atom stereocenters. The molecule has 1 saturated carbocycles. The number of hydrogen-bond acceptors (Lipinski definition) is 4. The second-order valence-electron chi connectivity index (χ2n) is 8.98. The SMILES string of the molecule is CCCCCCCCC1CCC(c2ccc(C(=O)Oc3ccc(N=C=S)cc3)cc2)CC1. The summed E-state index contributed by atoms with van der Waals surface area (Å²) >= 11 is 4.59. The first-order valence-corrected chi connectivity index (χ1v) is 12.6. The van der Waals surface area contributed by atoms with Gasteiger partial charge in [-0.25, -0.2) is 4.79 Å². The highest BCUT2D eigenvalue weighted by Gasteiger charge is 2.22. The molecule has 0 N–H and O–H groups in total. The Morgan fingerprint density at radius 3 is 2.25 bits per heavy atom. The van der Waals surface area contributed by atoms with E-state index in [2.05, 4.69) is 41.4 Å². The zero-order valence-electron chi connectivity index (χ0n) is 19.2. The topological polar surface area (TPSA) is 38.7 Å². The number of aliphatic imine (C=N–C) groups is 1. The maximum atomic E-state index is 12.5. The van der Waals surface area contributed by atoms with E-state index in [0.29, 0.717) is 22.9 Å². The Morgan fingerprint density at radius 1 is 0.938 bits per heavy atom. The summed E-state index contributed by atoms with van der Waals surface area (Å²) in [7, 11) is 0. The van der Waals surface area contributed by atoms with E-state index in [9.17, 15) is 4.79 Å². The van der Waals surface area contributed by atoms with Gasteiger partial charge in [-0.3, -0.25) is 0 Å².